The summed E-state index contributed by atoms with van der Waals surface area (Å²) < 4.78 is 6.01. The average molecular weight is 446 g/mol. The summed E-state index contributed by atoms with van der Waals surface area (Å²) in [4.78, 5) is 42.1. The number of amides is 3. The maximum Gasteiger partial charge on any atom is 0.263 e. The largest absolute Gasteiger partial charge is 0.456 e. The maximum absolute atomic E-state index is 13.6. The van der Waals surface area contributed by atoms with Gasteiger partial charge in [-0.2, -0.15) is 0 Å². The van der Waals surface area contributed by atoms with E-state index in [1.807, 2.05) is 42.5 Å². The van der Waals surface area contributed by atoms with Crippen molar-refractivity contribution in [2.45, 2.75) is 0 Å². The molecule has 3 amide bonds. The lowest BCUT2D eigenvalue weighted by Gasteiger charge is -2.27. The zero-order valence-electron chi connectivity index (χ0n) is 18.0. The van der Waals surface area contributed by atoms with Gasteiger partial charge in [-0.05, 0) is 42.5 Å². The summed E-state index contributed by atoms with van der Waals surface area (Å²) in [5.74, 6) is -1.17. The van der Waals surface area contributed by atoms with Crippen molar-refractivity contribution in [1.29, 1.82) is 0 Å². The van der Waals surface area contributed by atoms with Crippen LogP contribution < -0.4 is 4.90 Å². The Balaban J connectivity index is 1.44. The first-order chi connectivity index (χ1) is 16.6. The Morgan fingerprint density at radius 3 is 2.06 bits per heavy atom. The normalized spacial score (nSPS) is 13.0. The molecule has 0 unspecified atom stereocenters. The van der Waals surface area contributed by atoms with Gasteiger partial charge in [0.25, 0.3) is 17.7 Å². The number of carbonyl (C=O) groups excluding carboxylic acids is 3. The van der Waals surface area contributed by atoms with Crippen LogP contribution in [0.3, 0.4) is 0 Å². The van der Waals surface area contributed by atoms with Crippen molar-refractivity contribution in [3.8, 4) is 0 Å². The number of hydrogen-bond acceptors (Lipinski definition) is 4. The van der Waals surface area contributed by atoms with Crippen molar-refractivity contribution in [2.75, 3.05) is 11.6 Å². The number of furan rings is 1. The van der Waals surface area contributed by atoms with Crippen LogP contribution in [0.15, 0.2) is 101 Å². The molecule has 0 saturated heterocycles. The summed E-state index contributed by atoms with van der Waals surface area (Å²) in [7, 11) is 0. The van der Waals surface area contributed by atoms with Crippen molar-refractivity contribution in [3.63, 3.8) is 0 Å². The third-order valence-corrected chi connectivity index (χ3v) is 6.10. The van der Waals surface area contributed by atoms with Gasteiger partial charge in [0.1, 0.15) is 17.8 Å². The summed E-state index contributed by atoms with van der Waals surface area (Å²) >= 11 is 0. The van der Waals surface area contributed by atoms with E-state index in [-0.39, 0.29) is 12.6 Å². The molecule has 164 valence electrons. The molecule has 1 aromatic heterocycles. The van der Waals surface area contributed by atoms with Crippen LogP contribution >= 0.6 is 0 Å². The van der Waals surface area contributed by atoms with E-state index < -0.39 is 11.8 Å². The molecule has 0 fully saturated rings. The lowest BCUT2D eigenvalue weighted by Crippen LogP contribution is -2.44. The van der Waals surface area contributed by atoms with Crippen LogP contribution in [0, 0.1) is 0 Å². The number of fused-ring (bicyclic) bond motifs is 4. The molecule has 0 N–H and O–H groups in total. The SMILES string of the molecule is O=C1c2ccccc2C(=O)N1CN(C(=O)c1ccccc1)c1ccc2c(c1)oc1ccccc12. The molecule has 1 aliphatic heterocycles. The smallest absolute Gasteiger partial charge is 0.263 e. The third kappa shape index (κ3) is 3.08. The molecule has 0 aliphatic carbocycles. The minimum atomic E-state index is -0.420. The Kier molecular flexibility index (Phi) is 4.52. The number of imide groups is 1. The van der Waals surface area contributed by atoms with Gasteiger partial charge >= 0.3 is 0 Å². The first kappa shape index (κ1) is 19.9. The van der Waals surface area contributed by atoms with Crippen molar-refractivity contribution in [3.05, 3.63) is 114 Å². The number of nitrogens with zero attached hydrogens (tertiary/aromatic N) is 2. The second-order valence-electron chi connectivity index (χ2n) is 8.10. The Bertz CT molecular complexity index is 1570. The van der Waals surface area contributed by atoms with Gasteiger partial charge in [0.2, 0.25) is 0 Å². The van der Waals surface area contributed by atoms with Crippen LogP contribution in [-0.4, -0.2) is 29.3 Å². The molecule has 6 nitrogen and oxygen atoms in total. The first-order valence-electron chi connectivity index (χ1n) is 10.9. The molecule has 2 heterocycles. The highest BCUT2D eigenvalue weighted by Crippen LogP contribution is 2.33. The second kappa shape index (κ2) is 7.71. The monoisotopic (exact) mass is 446 g/mol. The quantitative estimate of drug-likeness (QED) is 0.343. The molecule has 5 aromatic rings. The minimum Gasteiger partial charge on any atom is -0.456 e. The van der Waals surface area contributed by atoms with Crippen molar-refractivity contribution < 1.29 is 18.8 Å². The molecular weight excluding hydrogens is 428 g/mol. The fourth-order valence-electron chi connectivity index (χ4n) is 4.39. The molecular formula is C28H18N2O4. The molecule has 6 rings (SSSR count). The predicted octanol–water partition coefficient (Wildman–Crippen LogP) is 5.49. The lowest BCUT2D eigenvalue weighted by atomic mass is 10.1. The summed E-state index contributed by atoms with van der Waals surface area (Å²) in [5, 5.41) is 1.90. The fraction of sp³-hybridized carbons (Fsp3) is 0.0357. The van der Waals surface area contributed by atoms with E-state index in [4.69, 9.17) is 4.42 Å². The van der Waals surface area contributed by atoms with Crippen LogP contribution in [0.25, 0.3) is 21.9 Å². The van der Waals surface area contributed by atoms with Crippen LogP contribution in [0.2, 0.25) is 0 Å². The van der Waals surface area contributed by atoms with Gasteiger partial charge in [-0.25, -0.2) is 0 Å². The number of carbonyl (C=O) groups is 3. The van der Waals surface area contributed by atoms with Crippen LogP contribution in [0.4, 0.5) is 5.69 Å². The highest BCUT2D eigenvalue weighted by molar-refractivity contribution is 6.22. The van der Waals surface area contributed by atoms with E-state index in [9.17, 15) is 14.4 Å². The molecule has 0 spiro atoms. The van der Waals surface area contributed by atoms with Crippen molar-refractivity contribution >= 4 is 45.3 Å². The summed E-state index contributed by atoms with van der Waals surface area (Å²) in [5.41, 5.74) is 3.02. The number of para-hydroxylation sites is 1. The van der Waals surface area contributed by atoms with Gasteiger partial charge in [-0.3, -0.25) is 24.2 Å². The molecule has 6 heteroatoms. The van der Waals surface area contributed by atoms with Gasteiger partial charge in [-0.1, -0.05) is 48.5 Å². The minimum absolute atomic E-state index is 0.216. The molecule has 4 aromatic carbocycles. The van der Waals surface area contributed by atoms with E-state index in [0.717, 1.165) is 21.3 Å². The summed E-state index contributed by atoms with van der Waals surface area (Å²) in [6.45, 7) is -0.216. The summed E-state index contributed by atoms with van der Waals surface area (Å²) in [6, 6.07) is 28.7. The van der Waals surface area contributed by atoms with E-state index in [1.165, 1.54) is 4.90 Å². The Labute approximate surface area is 194 Å². The average Bonchev–Trinajstić information content (AvgIpc) is 3.37. The molecule has 34 heavy (non-hydrogen) atoms. The summed E-state index contributed by atoms with van der Waals surface area (Å²) in [6.07, 6.45) is 0. The van der Waals surface area contributed by atoms with Crippen LogP contribution in [0.1, 0.15) is 31.1 Å². The third-order valence-electron chi connectivity index (χ3n) is 6.10. The molecule has 0 radical (unpaired) electrons. The Morgan fingerprint density at radius 2 is 1.32 bits per heavy atom. The number of anilines is 1. The van der Waals surface area contributed by atoms with Gasteiger partial charge < -0.3 is 4.42 Å². The Morgan fingerprint density at radius 1 is 0.706 bits per heavy atom. The van der Waals surface area contributed by atoms with E-state index >= 15 is 0 Å². The van der Waals surface area contributed by atoms with Crippen molar-refractivity contribution in [2.24, 2.45) is 0 Å². The number of rotatable bonds is 4. The standard InChI is InChI=1S/C28H18N2O4/c31-26(18-8-2-1-3-9-18)29(17-30-27(32)22-11-4-5-12-23(22)28(30)33)19-14-15-21-20-10-6-7-13-24(20)34-25(21)16-19/h1-16H,17H2. The van der Waals surface area contributed by atoms with Gasteiger partial charge in [-0.15, -0.1) is 0 Å². The van der Waals surface area contributed by atoms with Gasteiger partial charge in [0.05, 0.1) is 11.1 Å². The number of benzene rings is 4. The van der Waals surface area contributed by atoms with E-state index in [0.29, 0.717) is 28.0 Å². The second-order valence-corrected chi connectivity index (χ2v) is 8.10. The van der Waals surface area contributed by atoms with E-state index in [2.05, 4.69) is 0 Å². The molecule has 0 bridgehead atoms. The first-order valence-corrected chi connectivity index (χ1v) is 10.9. The van der Waals surface area contributed by atoms with Crippen LogP contribution in [-0.2, 0) is 0 Å². The Hall–Kier alpha value is -4.71. The van der Waals surface area contributed by atoms with Crippen LogP contribution in [0.5, 0.6) is 0 Å². The fourth-order valence-corrected chi connectivity index (χ4v) is 4.39. The zero-order valence-corrected chi connectivity index (χ0v) is 18.0. The zero-order chi connectivity index (χ0) is 23.2. The molecule has 0 saturated carbocycles. The topological polar surface area (TPSA) is 70.8 Å². The van der Waals surface area contributed by atoms with Crippen molar-refractivity contribution in [1.82, 2.24) is 4.90 Å². The predicted molar refractivity (Wildman–Crippen MR) is 129 cm³/mol. The molecule has 0 atom stereocenters. The molecule has 1 aliphatic rings. The maximum atomic E-state index is 13.6. The lowest BCUT2D eigenvalue weighted by molar-refractivity contribution is 0.0650. The van der Waals surface area contributed by atoms with E-state index in [1.54, 1.807) is 54.6 Å². The highest BCUT2D eigenvalue weighted by atomic mass is 16.3. The highest BCUT2D eigenvalue weighted by Gasteiger charge is 2.37. The van der Waals surface area contributed by atoms with Gasteiger partial charge in [0, 0.05) is 28.1 Å². The van der Waals surface area contributed by atoms with Gasteiger partial charge in [0.15, 0.2) is 0 Å². The number of hydrogen-bond donors (Lipinski definition) is 0.